The quantitative estimate of drug-likeness (QED) is 0.608. The van der Waals surface area contributed by atoms with E-state index in [0.29, 0.717) is 0 Å². The van der Waals surface area contributed by atoms with Crippen molar-refractivity contribution in [2.75, 3.05) is 12.3 Å². The van der Waals surface area contributed by atoms with Crippen LogP contribution in [0.15, 0.2) is 17.1 Å². The minimum Gasteiger partial charge on any atom is -0.394 e. The van der Waals surface area contributed by atoms with Crippen molar-refractivity contribution in [1.29, 1.82) is 0 Å². The summed E-state index contributed by atoms with van der Waals surface area (Å²) >= 11 is 0. The third-order valence-electron chi connectivity index (χ3n) is 2.78. The summed E-state index contributed by atoms with van der Waals surface area (Å²) in [5, 5.41) is 9.07. The molecule has 1 saturated heterocycles. The van der Waals surface area contributed by atoms with Gasteiger partial charge in [0.2, 0.25) is 0 Å². The Labute approximate surface area is 112 Å². The van der Waals surface area contributed by atoms with Gasteiger partial charge in [-0.2, -0.15) is 4.98 Å². The highest BCUT2D eigenvalue weighted by atomic mass is 31.1. The van der Waals surface area contributed by atoms with Gasteiger partial charge in [0, 0.05) is 10.8 Å². The number of aromatic nitrogens is 2. The number of hydrogen-bond acceptors (Lipinski definition) is 7. The smallest absolute Gasteiger partial charge is 0.394 e. The number of nitrogens with zero attached hydrogens (tertiary/aromatic N) is 2. The highest BCUT2D eigenvalue weighted by molar-refractivity contribution is 7.32. The second-order valence-corrected chi connectivity index (χ2v) is 4.73. The van der Waals surface area contributed by atoms with Crippen molar-refractivity contribution >= 4 is 14.1 Å². The number of aliphatic hydroxyl groups is 1. The second kappa shape index (κ2) is 5.90. The molecule has 5 unspecified atom stereocenters. The maximum atomic E-state index is 14.2. The van der Waals surface area contributed by atoms with Crippen LogP contribution in [0.2, 0.25) is 0 Å². The van der Waals surface area contributed by atoms with E-state index in [4.69, 9.17) is 20.5 Å². The summed E-state index contributed by atoms with van der Waals surface area (Å²) in [5.74, 6) is -0.0374. The number of nitrogen functional groups attached to an aromatic ring is 1. The van der Waals surface area contributed by atoms with E-state index in [0.717, 1.165) is 4.57 Å². The number of hydrogen-bond donors (Lipinski definition) is 3. The van der Waals surface area contributed by atoms with E-state index in [2.05, 4.69) is 9.51 Å². The molecule has 4 N–H and O–H groups in total. The molecular formula is C9H12FN3O6P+. The fraction of sp³-hybridized carbons (Fsp3) is 0.556. The lowest BCUT2D eigenvalue weighted by Gasteiger charge is -2.15. The number of anilines is 1. The fourth-order valence-electron chi connectivity index (χ4n) is 1.91. The summed E-state index contributed by atoms with van der Waals surface area (Å²) in [6.45, 7) is -0.637. The summed E-state index contributed by atoms with van der Waals surface area (Å²) in [6.07, 6.45) is -4.82. The Kier molecular flexibility index (Phi) is 4.41. The average molecular weight is 308 g/mol. The Morgan fingerprint density at radius 3 is 2.90 bits per heavy atom. The lowest BCUT2D eigenvalue weighted by atomic mass is 10.1. The minimum absolute atomic E-state index is 0.0374. The number of ether oxygens (including phenoxy) is 1. The van der Waals surface area contributed by atoms with Gasteiger partial charge < -0.3 is 15.6 Å². The number of alkyl halides is 1. The van der Waals surface area contributed by atoms with Crippen LogP contribution < -0.4 is 11.4 Å². The number of halogens is 1. The fourth-order valence-corrected chi connectivity index (χ4v) is 2.37. The Morgan fingerprint density at radius 1 is 1.65 bits per heavy atom. The van der Waals surface area contributed by atoms with Crippen LogP contribution >= 0.6 is 8.25 Å². The van der Waals surface area contributed by atoms with Crippen molar-refractivity contribution in [2.45, 2.75) is 24.6 Å². The second-order valence-electron chi connectivity index (χ2n) is 4.04. The summed E-state index contributed by atoms with van der Waals surface area (Å²) in [7, 11) is -3.08. The molecule has 1 aromatic heterocycles. The summed E-state index contributed by atoms with van der Waals surface area (Å²) < 4.78 is 35.3. The minimum atomic E-state index is -3.08. The first-order chi connectivity index (χ1) is 9.43. The summed E-state index contributed by atoms with van der Waals surface area (Å²) in [4.78, 5) is 23.7. The molecule has 0 aromatic carbocycles. The Morgan fingerprint density at radius 2 is 2.35 bits per heavy atom. The number of aliphatic hydroxyl groups excluding tert-OH is 1. The van der Waals surface area contributed by atoms with Crippen LogP contribution in [0.5, 0.6) is 0 Å². The molecule has 5 atom stereocenters. The lowest BCUT2D eigenvalue weighted by molar-refractivity contribution is -0.0469. The van der Waals surface area contributed by atoms with Crippen LogP contribution in [0.25, 0.3) is 0 Å². The van der Waals surface area contributed by atoms with E-state index >= 15 is 0 Å². The van der Waals surface area contributed by atoms with Crippen molar-refractivity contribution in [3.63, 3.8) is 0 Å². The molecule has 0 saturated carbocycles. The van der Waals surface area contributed by atoms with Crippen molar-refractivity contribution < 1.29 is 28.2 Å². The van der Waals surface area contributed by atoms with Crippen LogP contribution in [0, 0.1) is 0 Å². The van der Waals surface area contributed by atoms with E-state index in [9.17, 15) is 13.8 Å². The molecule has 0 spiro atoms. The zero-order valence-corrected chi connectivity index (χ0v) is 10.9. The molecule has 1 aliphatic rings. The van der Waals surface area contributed by atoms with Gasteiger partial charge in [0.1, 0.15) is 11.9 Å². The van der Waals surface area contributed by atoms with Crippen LogP contribution in [0.3, 0.4) is 0 Å². The molecule has 20 heavy (non-hydrogen) atoms. The zero-order valence-electron chi connectivity index (χ0n) is 10.00. The molecule has 110 valence electrons. The highest BCUT2D eigenvalue weighted by Gasteiger charge is 2.51. The van der Waals surface area contributed by atoms with Crippen LogP contribution in [0.4, 0.5) is 10.2 Å². The van der Waals surface area contributed by atoms with Crippen molar-refractivity contribution in [2.24, 2.45) is 0 Å². The third kappa shape index (κ3) is 2.84. The molecule has 2 rings (SSSR count). The molecule has 0 aliphatic carbocycles. The van der Waals surface area contributed by atoms with Gasteiger partial charge in [0.05, 0.1) is 6.61 Å². The van der Waals surface area contributed by atoms with E-state index in [-0.39, 0.29) is 5.82 Å². The molecule has 1 fully saturated rings. The van der Waals surface area contributed by atoms with Crippen LogP contribution in [-0.2, 0) is 13.8 Å². The SMILES string of the molecule is Nc1ccn(C2OC(CO)C(O[P+](=O)O)C2F)c(=O)n1. The maximum Gasteiger partial charge on any atom is 0.695 e. The lowest BCUT2D eigenvalue weighted by Crippen LogP contribution is -2.34. The molecular weight excluding hydrogens is 296 g/mol. The Bertz CT molecular complexity index is 569. The molecule has 1 aromatic rings. The summed E-state index contributed by atoms with van der Waals surface area (Å²) in [6, 6.07) is 1.27. The highest BCUT2D eigenvalue weighted by Crippen LogP contribution is 2.36. The zero-order chi connectivity index (χ0) is 14.9. The standard InChI is InChI=1S/C9H11FN3O6P/c10-6-7(19-20(16)17)4(3-14)18-8(6)13-2-1-5(11)12-9(13)15/h1-2,4,6-8,14H,3H2,(H2-,11,12,15,16,17)/p+1. The van der Waals surface area contributed by atoms with Crippen LogP contribution in [-0.4, -0.2) is 44.5 Å². The van der Waals surface area contributed by atoms with Gasteiger partial charge in [-0.15, -0.1) is 9.42 Å². The molecule has 0 radical (unpaired) electrons. The van der Waals surface area contributed by atoms with Crippen molar-refractivity contribution in [1.82, 2.24) is 9.55 Å². The average Bonchev–Trinajstić information content (AvgIpc) is 2.67. The van der Waals surface area contributed by atoms with E-state index in [1.54, 1.807) is 0 Å². The molecule has 1 aliphatic heterocycles. The Balaban J connectivity index is 2.29. The summed E-state index contributed by atoms with van der Waals surface area (Å²) in [5.41, 5.74) is 4.47. The first-order valence-electron chi connectivity index (χ1n) is 5.52. The predicted molar refractivity (Wildman–Crippen MR) is 63.5 cm³/mol. The molecule has 0 bridgehead atoms. The van der Waals surface area contributed by atoms with Gasteiger partial charge in [-0.3, -0.25) is 4.57 Å². The van der Waals surface area contributed by atoms with Crippen molar-refractivity contribution in [3.05, 3.63) is 22.7 Å². The normalized spacial score (nSPS) is 30.4. The van der Waals surface area contributed by atoms with Crippen LogP contribution in [0.1, 0.15) is 6.23 Å². The molecule has 11 heteroatoms. The molecule has 0 amide bonds. The largest absolute Gasteiger partial charge is 0.695 e. The van der Waals surface area contributed by atoms with Gasteiger partial charge in [-0.25, -0.2) is 9.18 Å². The third-order valence-corrected chi connectivity index (χ3v) is 3.21. The first kappa shape index (κ1) is 14.9. The topological polar surface area (TPSA) is 137 Å². The number of nitrogens with two attached hydrogens (primary N) is 1. The van der Waals surface area contributed by atoms with Gasteiger partial charge in [-0.05, 0) is 6.07 Å². The monoisotopic (exact) mass is 308 g/mol. The predicted octanol–water partition coefficient (Wildman–Crippen LogP) is -0.912. The number of rotatable bonds is 4. The van der Waals surface area contributed by atoms with Crippen molar-refractivity contribution in [3.8, 4) is 0 Å². The van der Waals surface area contributed by atoms with Gasteiger partial charge >= 0.3 is 13.9 Å². The van der Waals surface area contributed by atoms with Gasteiger partial charge in [0.25, 0.3) is 0 Å². The maximum absolute atomic E-state index is 14.2. The van der Waals surface area contributed by atoms with Gasteiger partial charge in [-0.1, -0.05) is 0 Å². The first-order valence-corrected chi connectivity index (χ1v) is 6.65. The van der Waals surface area contributed by atoms with E-state index in [1.165, 1.54) is 12.3 Å². The van der Waals surface area contributed by atoms with Gasteiger partial charge in [0.15, 0.2) is 18.5 Å². The molecule has 9 nitrogen and oxygen atoms in total. The molecule has 2 heterocycles. The Hall–Kier alpha value is -1.45. The van der Waals surface area contributed by atoms with E-state index in [1.807, 2.05) is 0 Å². The van der Waals surface area contributed by atoms with E-state index < -0.39 is 45.2 Å².